The largest absolute Gasteiger partial charge is 0.455 e. The topological polar surface area (TPSA) is 74.4 Å². The van der Waals surface area contributed by atoms with Crippen molar-refractivity contribution in [2.75, 3.05) is 6.61 Å². The van der Waals surface area contributed by atoms with E-state index < -0.39 is 11.2 Å². The third-order valence-electron chi connectivity index (χ3n) is 6.32. The maximum Gasteiger partial charge on any atom is 0.309 e. The maximum absolute atomic E-state index is 12.6. The van der Waals surface area contributed by atoms with Crippen LogP contribution in [0.3, 0.4) is 0 Å². The lowest BCUT2D eigenvalue weighted by atomic mass is 9.86. The van der Waals surface area contributed by atoms with E-state index in [9.17, 15) is 9.59 Å². The van der Waals surface area contributed by atoms with Crippen LogP contribution in [0.5, 0.6) is 0 Å². The molecule has 2 heterocycles. The predicted octanol–water partition coefficient (Wildman–Crippen LogP) is 3.01. The van der Waals surface area contributed by atoms with Crippen molar-refractivity contribution in [3.05, 3.63) is 0 Å². The molecular weight excluding hydrogens is 336 g/mol. The summed E-state index contributed by atoms with van der Waals surface area (Å²) in [5, 5.41) is 0. The van der Waals surface area contributed by atoms with Crippen molar-refractivity contribution in [3.63, 3.8) is 0 Å². The number of epoxide rings is 1. The van der Waals surface area contributed by atoms with Crippen LogP contribution in [0.1, 0.15) is 66.7 Å². The van der Waals surface area contributed by atoms with Crippen LogP contribution in [0.25, 0.3) is 0 Å². The van der Waals surface area contributed by atoms with Gasteiger partial charge in [0.25, 0.3) is 0 Å². The summed E-state index contributed by atoms with van der Waals surface area (Å²) in [7, 11) is 0. The van der Waals surface area contributed by atoms with Gasteiger partial charge in [-0.05, 0) is 66.7 Å². The molecule has 148 valence electrons. The van der Waals surface area contributed by atoms with E-state index in [1.807, 2.05) is 34.6 Å². The smallest absolute Gasteiger partial charge is 0.309 e. The molecular formula is C20H32O6. The summed E-state index contributed by atoms with van der Waals surface area (Å²) < 4.78 is 22.6. The predicted molar refractivity (Wildman–Crippen MR) is 94.5 cm³/mol. The number of carbonyl (C=O) groups is 2. The number of esters is 2. The fourth-order valence-corrected chi connectivity index (χ4v) is 3.75. The monoisotopic (exact) mass is 368 g/mol. The molecule has 0 amide bonds. The summed E-state index contributed by atoms with van der Waals surface area (Å²) in [4.78, 5) is 25.2. The summed E-state index contributed by atoms with van der Waals surface area (Å²) in [6.45, 7) is 9.78. The van der Waals surface area contributed by atoms with Crippen molar-refractivity contribution in [1.82, 2.24) is 0 Å². The van der Waals surface area contributed by atoms with E-state index in [2.05, 4.69) is 0 Å². The Balaban J connectivity index is 1.56. The molecule has 0 radical (unpaired) electrons. The van der Waals surface area contributed by atoms with Gasteiger partial charge in [0.1, 0.15) is 11.2 Å². The minimum Gasteiger partial charge on any atom is -0.455 e. The van der Waals surface area contributed by atoms with E-state index in [0.29, 0.717) is 25.6 Å². The second kappa shape index (κ2) is 7.12. The summed E-state index contributed by atoms with van der Waals surface area (Å²) in [5.74, 6) is -0.735. The van der Waals surface area contributed by atoms with Crippen LogP contribution in [-0.2, 0) is 28.5 Å². The second-order valence-electron chi connectivity index (χ2n) is 8.99. The van der Waals surface area contributed by atoms with E-state index in [1.54, 1.807) is 0 Å². The Morgan fingerprint density at radius 2 is 1.42 bits per heavy atom. The van der Waals surface area contributed by atoms with Crippen LogP contribution in [0.15, 0.2) is 0 Å². The molecule has 5 unspecified atom stereocenters. The Kier molecular flexibility index (Phi) is 5.37. The minimum absolute atomic E-state index is 0.0648. The van der Waals surface area contributed by atoms with E-state index in [0.717, 1.165) is 19.3 Å². The van der Waals surface area contributed by atoms with E-state index in [-0.39, 0.29) is 36.0 Å². The minimum atomic E-state index is -0.922. The number of hydrogen-bond donors (Lipinski definition) is 0. The molecule has 3 fully saturated rings. The Labute approximate surface area is 155 Å². The standard InChI is InChI=1S/C20H32O6/c1-12-10-14(8-9-23-12)18(22)26-20(4,5)19(2,3)25-17(21)13-6-7-15-16(11-13)24-15/h12-16H,6-11H2,1-5H3. The van der Waals surface area contributed by atoms with Crippen LogP contribution in [0.4, 0.5) is 0 Å². The summed E-state index contributed by atoms with van der Waals surface area (Å²) in [6.07, 6.45) is 4.44. The lowest BCUT2D eigenvalue weighted by molar-refractivity contribution is -0.206. The number of hydrogen-bond acceptors (Lipinski definition) is 6. The highest BCUT2D eigenvalue weighted by molar-refractivity contribution is 5.74. The highest BCUT2D eigenvalue weighted by Gasteiger charge is 2.49. The summed E-state index contributed by atoms with van der Waals surface area (Å²) in [6, 6.07) is 0. The zero-order chi connectivity index (χ0) is 19.1. The van der Waals surface area contributed by atoms with Gasteiger partial charge in [-0.2, -0.15) is 0 Å². The summed E-state index contributed by atoms with van der Waals surface area (Å²) in [5.41, 5.74) is -1.84. The number of ether oxygens (including phenoxy) is 4. The zero-order valence-electron chi connectivity index (χ0n) is 16.6. The average Bonchev–Trinajstić information content (AvgIpc) is 3.32. The van der Waals surface area contributed by atoms with Crippen LogP contribution in [-0.4, -0.2) is 48.1 Å². The molecule has 0 N–H and O–H groups in total. The highest BCUT2D eigenvalue weighted by atomic mass is 16.6. The van der Waals surface area contributed by atoms with Crippen LogP contribution >= 0.6 is 0 Å². The number of rotatable bonds is 5. The SMILES string of the molecule is CC1CC(C(=O)OC(C)(C)C(C)(C)OC(=O)C2CCC3OC3C2)CCO1. The Bertz CT molecular complexity index is 525. The lowest BCUT2D eigenvalue weighted by Gasteiger charge is -2.41. The molecule has 0 aromatic heterocycles. The van der Waals surface area contributed by atoms with Crippen molar-refractivity contribution in [3.8, 4) is 0 Å². The molecule has 26 heavy (non-hydrogen) atoms. The van der Waals surface area contributed by atoms with Gasteiger partial charge < -0.3 is 18.9 Å². The van der Waals surface area contributed by atoms with Gasteiger partial charge in [0, 0.05) is 6.61 Å². The highest BCUT2D eigenvalue weighted by Crippen LogP contribution is 2.41. The van der Waals surface area contributed by atoms with Gasteiger partial charge in [0.05, 0.1) is 30.1 Å². The molecule has 5 atom stereocenters. The van der Waals surface area contributed by atoms with E-state index in [1.165, 1.54) is 0 Å². The normalized spacial score (nSPS) is 34.6. The Morgan fingerprint density at radius 1 is 0.846 bits per heavy atom. The van der Waals surface area contributed by atoms with Crippen molar-refractivity contribution in [2.45, 2.75) is 96.2 Å². The van der Waals surface area contributed by atoms with Gasteiger partial charge in [0.2, 0.25) is 0 Å². The number of carbonyl (C=O) groups excluding carboxylic acids is 2. The van der Waals surface area contributed by atoms with Crippen molar-refractivity contribution in [2.24, 2.45) is 11.8 Å². The Morgan fingerprint density at radius 3 is 1.96 bits per heavy atom. The summed E-state index contributed by atoms with van der Waals surface area (Å²) >= 11 is 0. The van der Waals surface area contributed by atoms with Crippen LogP contribution in [0.2, 0.25) is 0 Å². The first-order valence-corrected chi connectivity index (χ1v) is 9.82. The molecule has 3 rings (SSSR count). The molecule has 0 bridgehead atoms. The van der Waals surface area contributed by atoms with Gasteiger partial charge in [0.15, 0.2) is 0 Å². The fraction of sp³-hybridized carbons (Fsp3) is 0.900. The first kappa shape index (κ1) is 19.6. The zero-order valence-corrected chi connectivity index (χ0v) is 16.6. The maximum atomic E-state index is 12.6. The molecule has 0 aromatic carbocycles. The van der Waals surface area contributed by atoms with Crippen molar-refractivity contribution in [1.29, 1.82) is 0 Å². The first-order valence-electron chi connectivity index (χ1n) is 9.82. The van der Waals surface area contributed by atoms with E-state index >= 15 is 0 Å². The molecule has 3 aliphatic rings. The lowest BCUT2D eigenvalue weighted by Crippen LogP contribution is -2.53. The average molecular weight is 368 g/mol. The molecule has 2 aliphatic heterocycles. The van der Waals surface area contributed by atoms with Gasteiger partial charge in [-0.25, -0.2) is 0 Å². The van der Waals surface area contributed by atoms with Crippen LogP contribution in [0, 0.1) is 11.8 Å². The molecule has 1 saturated carbocycles. The third-order valence-corrected chi connectivity index (χ3v) is 6.32. The quantitative estimate of drug-likeness (QED) is 0.548. The molecule has 2 saturated heterocycles. The third kappa shape index (κ3) is 4.22. The van der Waals surface area contributed by atoms with Crippen molar-refractivity contribution < 1.29 is 28.5 Å². The first-order chi connectivity index (χ1) is 12.1. The molecule has 6 heteroatoms. The Hall–Kier alpha value is -1.14. The van der Waals surface area contributed by atoms with Gasteiger partial charge in [-0.3, -0.25) is 9.59 Å². The molecule has 6 nitrogen and oxygen atoms in total. The molecule has 0 spiro atoms. The van der Waals surface area contributed by atoms with E-state index in [4.69, 9.17) is 18.9 Å². The van der Waals surface area contributed by atoms with Gasteiger partial charge >= 0.3 is 11.9 Å². The van der Waals surface area contributed by atoms with Crippen molar-refractivity contribution >= 4 is 11.9 Å². The van der Waals surface area contributed by atoms with Gasteiger partial charge in [-0.15, -0.1) is 0 Å². The number of fused-ring (bicyclic) bond motifs is 1. The van der Waals surface area contributed by atoms with Gasteiger partial charge in [-0.1, -0.05) is 0 Å². The second-order valence-corrected chi connectivity index (χ2v) is 8.99. The molecule has 0 aromatic rings. The van der Waals surface area contributed by atoms with Crippen LogP contribution < -0.4 is 0 Å². The molecule has 1 aliphatic carbocycles. The fourth-order valence-electron chi connectivity index (χ4n) is 3.75.